The lowest BCUT2D eigenvalue weighted by Crippen LogP contribution is -2.39. The molecule has 0 aromatic heterocycles. The number of anilines is 1. The van der Waals surface area contributed by atoms with Gasteiger partial charge in [-0.1, -0.05) is 6.07 Å². The van der Waals surface area contributed by atoms with E-state index in [0.717, 1.165) is 18.4 Å². The Morgan fingerprint density at radius 1 is 1.16 bits per heavy atom. The monoisotopic (exact) mass is 477 g/mol. The minimum Gasteiger partial charge on any atom is -0.459 e. The Hall–Kier alpha value is -2.43. The summed E-state index contributed by atoms with van der Waals surface area (Å²) in [6.07, 6.45) is -4.36. The molecule has 0 radical (unpaired) electrons. The van der Waals surface area contributed by atoms with Gasteiger partial charge in [-0.25, -0.2) is 8.42 Å². The van der Waals surface area contributed by atoms with Crippen molar-refractivity contribution in [3.05, 3.63) is 23.3 Å². The number of sulfone groups is 1. The summed E-state index contributed by atoms with van der Waals surface area (Å²) >= 11 is 0. The van der Waals surface area contributed by atoms with Crippen molar-refractivity contribution < 1.29 is 40.7 Å². The highest BCUT2D eigenvalue weighted by molar-refractivity contribution is 7.91. The fourth-order valence-corrected chi connectivity index (χ4v) is 4.48. The molecule has 1 unspecified atom stereocenters. The van der Waals surface area contributed by atoms with Crippen molar-refractivity contribution in [1.82, 2.24) is 0 Å². The summed E-state index contributed by atoms with van der Waals surface area (Å²) < 4.78 is 69.2. The van der Waals surface area contributed by atoms with Crippen LogP contribution in [0.1, 0.15) is 49.5 Å². The van der Waals surface area contributed by atoms with E-state index >= 15 is 0 Å². The molecule has 1 atom stereocenters. The van der Waals surface area contributed by atoms with Crippen molar-refractivity contribution in [2.45, 2.75) is 56.7 Å². The van der Waals surface area contributed by atoms with Crippen molar-refractivity contribution in [1.29, 1.82) is 0 Å². The first-order valence-corrected chi connectivity index (χ1v) is 11.8. The van der Waals surface area contributed by atoms with E-state index in [-0.39, 0.29) is 5.56 Å². The van der Waals surface area contributed by atoms with Crippen molar-refractivity contribution in [3.63, 3.8) is 0 Å². The number of hydrogen-bond acceptors (Lipinski definition) is 7. The smallest absolute Gasteiger partial charge is 0.393 e. The van der Waals surface area contributed by atoms with E-state index in [4.69, 9.17) is 4.74 Å². The molecule has 0 aliphatic heterocycles. The predicted molar refractivity (Wildman–Crippen MR) is 110 cm³/mol. The van der Waals surface area contributed by atoms with E-state index in [1.165, 1.54) is 7.05 Å². The van der Waals surface area contributed by atoms with Gasteiger partial charge in [-0.2, -0.15) is 13.2 Å². The van der Waals surface area contributed by atoms with Gasteiger partial charge in [0.15, 0.2) is 27.3 Å². The first kappa shape index (κ1) is 25.8. The molecule has 1 aliphatic rings. The highest BCUT2D eigenvalue weighted by Gasteiger charge is 2.46. The van der Waals surface area contributed by atoms with Gasteiger partial charge in [-0.3, -0.25) is 14.4 Å². The molecule has 1 aromatic carbocycles. The Bertz CT molecular complexity index is 1040. The molecule has 0 spiro atoms. The van der Waals surface area contributed by atoms with Gasteiger partial charge in [-0.05, 0) is 45.2 Å². The molecule has 178 valence electrons. The lowest BCUT2D eigenvalue weighted by atomic mass is 9.90. The van der Waals surface area contributed by atoms with Gasteiger partial charge in [0.2, 0.25) is 0 Å². The van der Waals surface area contributed by atoms with Crippen LogP contribution in [-0.2, 0) is 30.6 Å². The minimum atomic E-state index is -4.63. The van der Waals surface area contributed by atoms with Crippen LogP contribution in [0.4, 0.5) is 18.9 Å². The van der Waals surface area contributed by atoms with Crippen molar-refractivity contribution in [2.24, 2.45) is 11.8 Å². The number of alkyl halides is 3. The van der Waals surface area contributed by atoms with Crippen LogP contribution in [0, 0.1) is 11.8 Å². The van der Waals surface area contributed by atoms with Crippen molar-refractivity contribution in [3.8, 4) is 0 Å². The van der Waals surface area contributed by atoms with Crippen LogP contribution in [0.3, 0.4) is 0 Å². The number of nitrogens with one attached hydrogen (secondary N) is 1. The maximum absolute atomic E-state index is 13.3. The number of halogens is 3. The van der Waals surface area contributed by atoms with Gasteiger partial charge in [0, 0.05) is 24.8 Å². The molecule has 2 rings (SSSR count). The Balaban J connectivity index is 2.67. The van der Waals surface area contributed by atoms with Crippen molar-refractivity contribution >= 4 is 33.1 Å². The highest BCUT2D eigenvalue weighted by atomic mass is 32.2. The molecule has 1 aromatic rings. The SMILES string of the molecule is CNc1c(CC(F)(F)F)ccc(C(=O)C(C(=O)OC(C)(C)C)C(=O)C2CC2)c1S(C)(=O)=O. The zero-order valence-corrected chi connectivity index (χ0v) is 19.2. The molecule has 0 amide bonds. The first-order chi connectivity index (χ1) is 14.5. The first-order valence-electron chi connectivity index (χ1n) is 9.87. The molecule has 1 fully saturated rings. The number of Topliss-reactive ketones (excluding diaryl/α,β-unsaturated/α-hetero) is 2. The zero-order valence-electron chi connectivity index (χ0n) is 18.4. The molecular formula is C21H26F3NO6S. The van der Waals surface area contributed by atoms with Crippen LogP contribution >= 0.6 is 0 Å². The summed E-state index contributed by atoms with van der Waals surface area (Å²) in [6.45, 7) is 4.63. The van der Waals surface area contributed by atoms with Crippen LogP contribution in [0.25, 0.3) is 0 Å². The summed E-state index contributed by atoms with van der Waals surface area (Å²) in [4.78, 5) is 38.2. The Morgan fingerprint density at radius 3 is 2.12 bits per heavy atom. The summed E-state index contributed by atoms with van der Waals surface area (Å²) in [5.41, 5.74) is -2.35. The molecule has 1 N–H and O–H groups in total. The average molecular weight is 478 g/mol. The number of rotatable bonds is 8. The Labute approximate surface area is 184 Å². The zero-order chi connectivity index (χ0) is 24.6. The molecule has 1 saturated carbocycles. The number of carbonyl (C=O) groups excluding carboxylic acids is 3. The van der Waals surface area contributed by atoms with Crippen LogP contribution in [0.2, 0.25) is 0 Å². The quantitative estimate of drug-likeness (QED) is 0.348. The maximum atomic E-state index is 13.3. The van der Waals surface area contributed by atoms with Crippen LogP contribution in [0.15, 0.2) is 17.0 Å². The third-order valence-electron chi connectivity index (χ3n) is 4.69. The van der Waals surface area contributed by atoms with E-state index in [1.807, 2.05) is 0 Å². The lowest BCUT2D eigenvalue weighted by molar-refractivity contribution is -0.160. The van der Waals surface area contributed by atoms with E-state index in [0.29, 0.717) is 12.8 Å². The largest absolute Gasteiger partial charge is 0.459 e. The number of ether oxygens (including phenoxy) is 1. The average Bonchev–Trinajstić information content (AvgIpc) is 3.42. The Morgan fingerprint density at radius 2 is 1.72 bits per heavy atom. The summed E-state index contributed by atoms with van der Waals surface area (Å²) in [5.74, 6) is -5.35. The topological polar surface area (TPSA) is 107 Å². The molecule has 7 nitrogen and oxygen atoms in total. The van der Waals surface area contributed by atoms with Gasteiger partial charge in [0.05, 0.1) is 12.1 Å². The molecular weight excluding hydrogens is 451 g/mol. The standard InChI is InChI=1S/C21H26F3NO6S/c1-20(2,3)31-19(28)14(16(26)11-6-7-11)17(27)13-9-8-12(10-21(22,23)24)15(25-4)18(13)32(5,29)30/h8-9,11,14,25H,6-7,10H2,1-5H3. The molecule has 32 heavy (non-hydrogen) atoms. The normalized spacial score (nSPS) is 15.8. The molecule has 0 heterocycles. The number of hydrogen-bond donors (Lipinski definition) is 1. The van der Waals surface area contributed by atoms with E-state index in [2.05, 4.69) is 5.32 Å². The number of esters is 1. The minimum absolute atomic E-state index is 0.390. The molecule has 0 saturated heterocycles. The van der Waals surface area contributed by atoms with Crippen LogP contribution < -0.4 is 5.32 Å². The molecule has 0 bridgehead atoms. The lowest BCUT2D eigenvalue weighted by Gasteiger charge is -2.24. The van der Waals surface area contributed by atoms with E-state index in [1.54, 1.807) is 20.8 Å². The summed E-state index contributed by atoms with van der Waals surface area (Å²) in [7, 11) is -3.02. The fourth-order valence-electron chi connectivity index (χ4n) is 3.31. The van der Waals surface area contributed by atoms with E-state index in [9.17, 15) is 36.0 Å². The summed E-state index contributed by atoms with van der Waals surface area (Å²) in [5, 5.41) is 2.43. The maximum Gasteiger partial charge on any atom is 0.393 e. The second kappa shape index (κ2) is 8.84. The van der Waals surface area contributed by atoms with Gasteiger partial charge in [-0.15, -0.1) is 0 Å². The van der Waals surface area contributed by atoms with Gasteiger partial charge < -0.3 is 10.1 Å². The van der Waals surface area contributed by atoms with Crippen LogP contribution in [-0.4, -0.2) is 51.0 Å². The van der Waals surface area contributed by atoms with Gasteiger partial charge >= 0.3 is 12.1 Å². The van der Waals surface area contributed by atoms with Gasteiger partial charge in [0.1, 0.15) is 10.5 Å². The summed E-state index contributed by atoms with van der Waals surface area (Å²) in [6, 6.07) is 1.88. The second-order valence-corrected chi connectivity index (χ2v) is 10.8. The number of ketones is 2. The third kappa shape index (κ3) is 6.30. The van der Waals surface area contributed by atoms with Gasteiger partial charge in [0.25, 0.3) is 0 Å². The third-order valence-corrected chi connectivity index (χ3v) is 5.86. The van der Waals surface area contributed by atoms with Crippen molar-refractivity contribution in [2.75, 3.05) is 18.6 Å². The molecule has 1 aliphatic carbocycles. The van der Waals surface area contributed by atoms with Crippen LogP contribution in [0.5, 0.6) is 0 Å². The Kier molecular flexibility index (Phi) is 7.13. The highest BCUT2D eigenvalue weighted by Crippen LogP contribution is 2.37. The van der Waals surface area contributed by atoms with E-state index < -0.39 is 73.6 Å². The number of benzene rings is 1. The predicted octanol–water partition coefficient (Wildman–Crippen LogP) is 3.36. The fraction of sp³-hybridized carbons (Fsp3) is 0.571. The second-order valence-electron chi connectivity index (χ2n) is 8.80. The number of carbonyl (C=O) groups is 3. The molecule has 11 heteroatoms.